The number of hydrogen-bond donors (Lipinski definition) is 1. The van der Waals surface area contributed by atoms with Crippen molar-refractivity contribution in [2.75, 3.05) is 13.2 Å². The Morgan fingerprint density at radius 3 is 2.58 bits per heavy atom. The topological polar surface area (TPSA) is 21.3 Å². The molecule has 0 aromatic heterocycles. The molecule has 0 amide bonds. The van der Waals surface area contributed by atoms with E-state index in [1.807, 2.05) is 13.0 Å². The van der Waals surface area contributed by atoms with Crippen LogP contribution >= 0.6 is 15.9 Å². The maximum atomic E-state index is 13.1. The Morgan fingerprint density at radius 2 is 2.05 bits per heavy atom. The highest BCUT2D eigenvalue weighted by molar-refractivity contribution is 9.10. The molecule has 1 rings (SSSR count). The number of nitrogens with one attached hydrogen (secondary N) is 1. The molecular weight excluding hydrogens is 309 g/mol. The van der Waals surface area contributed by atoms with Crippen molar-refractivity contribution in [3.05, 3.63) is 34.1 Å². The summed E-state index contributed by atoms with van der Waals surface area (Å²) < 4.78 is 19.8. The third-order valence-corrected chi connectivity index (χ3v) is 3.98. The lowest BCUT2D eigenvalue weighted by Crippen LogP contribution is -2.50. The largest absolute Gasteiger partial charge is 0.374 e. The molecule has 0 fully saturated rings. The lowest BCUT2D eigenvalue weighted by atomic mass is 9.92. The van der Waals surface area contributed by atoms with Crippen molar-refractivity contribution in [1.29, 1.82) is 0 Å². The zero-order valence-electron chi connectivity index (χ0n) is 12.1. The van der Waals surface area contributed by atoms with Gasteiger partial charge < -0.3 is 10.1 Å². The van der Waals surface area contributed by atoms with Gasteiger partial charge in [0.1, 0.15) is 5.82 Å². The molecule has 2 nitrogen and oxygen atoms in total. The highest BCUT2D eigenvalue weighted by atomic mass is 79.9. The summed E-state index contributed by atoms with van der Waals surface area (Å²) in [5, 5.41) is 3.46. The van der Waals surface area contributed by atoms with Gasteiger partial charge in [0.25, 0.3) is 0 Å². The zero-order valence-corrected chi connectivity index (χ0v) is 13.7. The van der Waals surface area contributed by atoms with Gasteiger partial charge >= 0.3 is 0 Å². The fourth-order valence-corrected chi connectivity index (χ4v) is 2.70. The van der Waals surface area contributed by atoms with Gasteiger partial charge in [0.05, 0.1) is 5.60 Å². The summed E-state index contributed by atoms with van der Waals surface area (Å²) in [5.74, 6) is -0.223. The van der Waals surface area contributed by atoms with Crippen LogP contribution in [-0.2, 0) is 11.2 Å². The summed E-state index contributed by atoms with van der Waals surface area (Å²) in [7, 11) is 0. The first-order valence-corrected chi connectivity index (χ1v) is 7.51. The minimum absolute atomic E-state index is 0.180. The van der Waals surface area contributed by atoms with Crippen LogP contribution < -0.4 is 5.32 Å². The van der Waals surface area contributed by atoms with Crippen molar-refractivity contribution in [3.63, 3.8) is 0 Å². The normalized spacial score (nSPS) is 13.6. The summed E-state index contributed by atoms with van der Waals surface area (Å²) in [6, 6.07) is 5.01. The third-order valence-electron chi connectivity index (χ3n) is 3.25. The lowest BCUT2D eigenvalue weighted by Gasteiger charge is -2.35. The average molecular weight is 332 g/mol. The van der Waals surface area contributed by atoms with E-state index in [1.165, 1.54) is 12.1 Å². The van der Waals surface area contributed by atoms with Gasteiger partial charge in [0, 0.05) is 17.1 Å². The van der Waals surface area contributed by atoms with E-state index in [9.17, 15) is 4.39 Å². The molecule has 0 bridgehead atoms. The molecule has 19 heavy (non-hydrogen) atoms. The monoisotopic (exact) mass is 331 g/mol. The molecule has 0 heterocycles. The van der Waals surface area contributed by atoms with Crippen molar-refractivity contribution in [2.24, 2.45) is 0 Å². The van der Waals surface area contributed by atoms with Crippen molar-refractivity contribution in [1.82, 2.24) is 5.32 Å². The van der Waals surface area contributed by atoms with Gasteiger partial charge in [-0.15, -0.1) is 0 Å². The van der Waals surface area contributed by atoms with E-state index in [2.05, 4.69) is 42.0 Å². The van der Waals surface area contributed by atoms with Crippen LogP contribution in [-0.4, -0.2) is 24.8 Å². The highest BCUT2D eigenvalue weighted by Crippen LogP contribution is 2.24. The Labute approximate surface area is 123 Å². The molecule has 1 aromatic carbocycles. The Balaban J connectivity index is 2.89. The van der Waals surface area contributed by atoms with Crippen LogP contribution in [0.5, 0.6) is 0 Å². The second-order valence-corrected chi connectivity index (χ2v) is 5.94. The molecule has 1 unspecified atom stereocenters. The molecule has 0 aliphatic carbocycles. The van der Waals surface area contributed by atoms with Crippen molar-refractivity contribution in [3.8, 4) is 0 Å². The maximum absolute atomic E-state index is 13.1. The number of ether oxygens (including phenoxy) is 1. The van der Waals surface area contributed by atoms with Crippen molar-refractivity contribution >= 4 is 15.9 Å². The minimum atomic E-state index is -0.265. The van der Waals surface area contributed by atoms with Crippen LogP contribution in [0.2, 0.25) is 0 Å². The van der Waals surface area contributed by atoms with Crippen molar-refractivity contribution in [2.45, 2.75) is 45.8 Å². The van der Waals surface area contributed by atoms with Gasteiger partial charge in [-0.2, -0.15) is 0 Å². The summed E-state index contributed by atoms with van der Waals surface area (Å²) in [5.41, 5.74) is 0.818. The first kappa shape index (κ1) is 16.6. The van der Waals surface area contributed by atoms with Gasteiger partial charge in [-0.05, 0) is 51.4 Å². The second kappa shape index (κ2) is 7.36. The predicted molar refractivity (Wildman–Crippen MR) is 81.0 cm³/mol. The molecule has 0 radical (unpaired) electrons. The van der Waals surface area contributed by atoms with Gasteiger partial charge in [-0.1, -0.05) is 28.9 Å². The maximum Gasteiger partial charge on any atom is 0.124 e. The number of likely N-dealkylation sites (N-methyl/N-ethyl adjacent to an activating group) is 1. The predicted octanol–water partition coefficient (Wildman–Crippen LogP) is 3.92. The van der Waals surface area contributed by atoms with E-state index in [1.54, 1.807) is 0 Å². The Bertz CT molecular complexity index is 409. The Morgan fingerprint density at radius 1 is 1.37 bits per heavy atom. The fraction of sp³-hybridized carbons (Fsp3) is 0.600. The number of benzene rings is 1. The summed E-state index contributed by atoms with van der Waals surface area (Å²) >= 11 is 3.42. The van der Waals surface area contributed by atoms with Crippen LogP contribution in [0.1, 0.15) is 33.3 Å². The van der Waals surface area contributed by atoms with Crippen molar-refractivity contribution < 1.29 is 9.13 Å². The second-order valence-electron chi connectivity index (χ2n) is 5.09. The first-order chi connectivity index (χ1) is 8.90. The van der Waals surface area contributed by atoms with E-state index < -0.39 is 0 Å². The molecule has 4 heteroatoms. The van der Waals surface area contributed by atoms with Gasteiger partial charge in [-0.3, -0.25) is 0 Å². The molecule has 0 saturated heterocycles. The van der Waals surface area contributed by atoms with E-state index in [0.29, 0.717) is 6.61 Å². The summed E-state index contributed by atoms with van der Waals surface area (Å²) in [6.07, 6.45) is 0.793. The minimum Gasteiger partial charge on any atom is -0.374 e. The van der Waals surface area contributed by atoms with Crippen LogP contribution in [0.25, 0.3) is 0 Å². The standard InChI is InChI=1S/C15H23BrFNO/c1-5-18-14(15(3,4)19-6-2)9-11-7-8-12(17)10-13(11)16/h7-8,10,14,18H,5-6,9H2,1-4H3. The zero-order chi connectivity index (χ0) is 14.5. The fourth-order valence-electron chi connectivity index (χ4n) is 2.19. The van der Waals surface area contributed by atoms with Crippen LogP contribution in [0.4, 0.5) is 4.39 Å². The number of halogens is 2. The number of rotatable bonds is 7. The van der Waals surface area contributed by atoms with E-state index in [-0.39, 0.29) is 17.5 Å². The molecule has 1 atom stereocenters. The number of hydrogen-bond acceptors (Lipinski definition) is 2. The first-order valence-electron chi connectivity index (χ1n) is 6.72. The average Bonchev–Trinajstić information content (AvgIpc) is 2.31. The molecule has 1 N–H and O–H groups in total. The van der Waals surface area contributed by atoms with Gasteiger partial charge in [0.15, 0.2) is 0 Å². The molecular formula is C15H23BrFNO. The highest BCUT2D eigenvalue weighted by Gasteiger charge is 2.29. The molecule has 0 saturated carbocycles. The van der Waals surface area contributed by atoms with Crippen LogP contribution in [0.15, 0.2) is 22.7 Å². The van der Waals surface area contributed by atoms with E-state index in [0.717, 1.165) is 23.0 Å². The lowest BCUT2D eigenvalue weighted by molar-refractivity contribution is -0.0377. The molecule has 0 aliphatic rings. The van der Waals surface area contributed by atoms with E-state index >= 15 is 0 Å². The molecule has 0 aliphatic heterocycles. The Hall–Kier alpha value is -0.450. The van der Waals surface area contributed by atoms with E-state index in [4.69, 9.17) is 4.74 Å². The summed E-state index contributed by atoms with van der Waals surface area (Å²) in [6.45, 7) is 9.80. The van der Waals surface area contributed by atoms with Crippen LogP contribution in [0.3, 0.4) is 0 Å². The third kappa shape index (κ3) is 4.86. The smallest absolute Gasteiger partial charge is 0.124 e. The van der Waals surface area contributed by atoms with Crippen LogP contribution in [0, 0.1) is 5.82 Å². The van der Waals surface area contributed by atoms with Gasteiger partial charge in [0.2, 0.25) is 0 Å². The Kier molecular flexibility index (Phi) is 6.43. The molecule has 108 valence electrons. The quantitative estimate of drug-likeness (QED) is 0.817. The molecule has 1 aromatic rings. The SMILES string of the molecule is CCNC(Cc1ccc(F)cc1Br)C(C)(C)OCC. The molecule has 0 spiro atoms. The summed E-state index contributed by atoms with van der Waals surface area (Å²) in [4.78, 5) is 0. The van der Waals surface area contributed by atoms with Gasteiger partial charge in [-0.25, -0.2) is 4.39 Å².